The highest BCUT2D eigenvalue weighted by molar-refractivity contribution is 9.10. The molecule has 1 amide bonds. The van der Waals surface area contributed by atoms with Crippen LogP contribution >= 0.6 is 27.5 Å². The summed E-state index contributed by atoms with van der Waals surface area (Å²) in [7, 11) is 0. The predicted molar refractivity (Wildman–Crippen MR) is 119 cm³/mol. The predicted octanol–water partition coefficient (Wildman–Crippen LogP) is 4.85. The zero-order valence-electron chi connectivity index (χ0n) is 16.6. The average molecular weight is 550 g/mol. The van der Waals surface area contributed by atoms with E-state index in [2.05, 4.69) is 26.4 Å². The van der Waals surface area contributed by atoms with E-state index in [1.807, 2.05) is 0 Å². The number of hydrogen-bond donors (Lipinski definition) is 1. The smallest absolute Gasteiger partial charge is 0.435 e. The average Bonchev–Trinajstić information content (AvgIpc) is 3.12. The topological polar surface area (TPSA) is 73.8 Å². The van der Waals surface area contributed by atoms with Gasteiger partial charge in [0.1, 0.15) is 17.5 Å². The van der Waals surface area contributed by atoms with Gasteiger partial charge in [0.2, 0.25) is 0 Å². The number of nitrogens with one attached hydrogen (secondary N) is 1. The standard InChI is InChI=1S/C21H17BrClF3N2O3S/c1-11-4-12(2-3-17(11)19(29)27-16-9-32(30)10-16)18-8-20(31-28-18,21(24,25)26)13-5-14(22)7-15(23)6-13/h2-7,16H,8-10H2,1H3,(H,27,29). The van der Waals surface area contributed by atoms with Crippen molar-refractivity contribution in [3.8, 4) is 0 Å². The monoisotopic (exact) mass is 548 g/mol. The molecule has 2 aromatic rings. The summed E-state index contributed by atoms with van der Waals surface area (Å²) in [6.45, 7) is 1.69. The van der Waals surface area contributed by atoms with E-state index in [0.717, 1.165) is 0 Å². The molecule has 1 saturated heterocycles. The van der Waals surface area contributed by atoms with Crippen LogP contribution in [0.3, 0.4) is 0 Å². The van der Waals surface area contributed by atoms with Crippen LogP contribution in [0.25, 0.3) is 0 Å². The van der Waals surface area contributed by atoms with Gasteiger partial charge in [-0.3, -0.25) is 4.79 Å². The molecule has 1 unspecified atom stereocenters. The summed E-state index contributed by atoms with van der Waals surface area (Å²) < 4.78 is 54.1. The first-order valence-electron chi connectivity index (χ1n) is 9.54. The molecule has 2 aliphatic heterocycles. The van der Waals surface area contributed by atoms with Crippen molar-refractivity contribution in [3.63, 3.8) is 0 Å². The zero-order valence-corrected chi connectivity index (χ0v) is 19.8. The van der Waals surface area contributed by atoms with Crippen molar-refractivity contribution in [3.05, 3.63) is 68.1 Å². The van der Waals surface area contributed by atoms with Crippen LogP contribution in [0.15, 0.2) is 46.0 Å². The molecule has 1 atom stereocenters. The number of hydrogen-bond acceptors (Lipinski definition) is 4. The second-order valence-electron chi connectivity index (χ2n) is 7.76. The summed E-state index contributed by atoms with van der Waals surface area (Å²) in [5.41, 5.74) is -1.31. The molecule has 11 heteroatoms. The normalized spacial score (nSPS) is 25.0. The van der Waals surface area contributed by atoms with Gasteiger partial charge in [-0.15, -0.1) is 0 Å². The SMILES string of the molecule is Cc1cc(C2=NOC(c3cc(Cl)cc(Br)c3)(C(F)(F)F)C2)ccc1C(=O)NC1C[S+]([O-])C1. The van der Waals surface area contributed by atoms with Gasteiger partial charge in [-0.2, -0.15) is 13.2 Å². The fourth-order valence-electron chi connectivity index (χ4n) is 3.69. The zero-order chi connectivity index (χ0) is 23.3. The van der Waals surface area contributed by atoms with Crippen LogP contribution in [0.1, 0.15) is 33.5 Å². The maximum atomic E-state index is 14.2. The van der Waals surface area contributed by atoms with Gasteiger partial charge in [0.05, 0.1) is 5.71 Å². The lowest BCUT2D eigenvalue weighted by molar-refractivity contribution is -0.275. The maximum absolute atomic E-state index is 14.2. The third kappa shape index (κ3) is 4.37. The molecule has 32 heavy (non-hydrogen) atoms. The van der Waals surface area contributed by atoms with Gasteiger partial charge in [-0.05, 0) is 59.6 Å². The van der Waals surface area contributed by atoms with Crippen molar-refractivity contribution in [2.24, 2.45) is 5.16 Å². The lowest BCUT2D eigenvalue weighted by Crippen LogP contribution is -2.53. The Balaban J connectivity index is 1.58. The Hall–Kier alpha value is -1.75. The highest BCUT2D eigenvalue weighted by atomic mass is 79.9. The fourth-order valence-corrected chi connectivity index (χ4v) is 5.52. The molecule has 1 fully saturated rings. The van der Waals surface area contributed by atoms with E-state index in [4.69, 9.17) is 16.4 Å². The van der Waals surface area contributed by atoms with Crippen molar-refractivity contribution in [2.75, 3.05) is 11.5 Å². The first-order valence-corrected chi connectivity index (χ1v) is 12.2. The van der Waals surface area contributed by atoms with E-state index in [9.17, 15) is 22.5 Å². The quantitative estimate of drug-likeness (QED) is 0.554. The molecule has 170 valence electrons. The summed E-state index contributed by atoms with van der Waals surface area (Å²) >= 11 is 8.26. The van der Waals surface area contributed by atoms with Crippen LogP contribution < -0.4 is 5.32 Å². The highest BCUT2D eigenvalue weighted by Gasteiger charge is 2.62. The number of benzene rings is 2. The summed E-state index contributed by atoms with van der Waals surface area (Å²) in [6.07, 6.45) is -5.29. The Morgan fingerprint density at radius 3 is 2.62 bits per heavy atom. The number of nitrogens with zero attached hydrogens (tertiary/aromatic N) is 1. The molecule has 0 saturated carbocycles. The molecular weight excluding hydrogens is 533 g/mol. The first kappa shape index (κ1) is 23.4. The molecule has 0 bridgehead atoms. The van der Waals surface area contributed by atoms with Crippen LogP contribution in [0.4, 0.5) is 13.2 Å². The van der Waals surface area contributed by atoms with Gasteiger partial charge in [-0.1, -0.05) is 38.8 Å². The Kier molecular flexibility index (Phi) is 6.26. The minimum Gasteiger partial charge on any atom is -0.616 e. The third-order valence-electron chi connectivity index (χ3n) is 5.43. The minimum atomic E-state index is -4.75. The number of oxime groups is 1. The molecule has 2 aromatic carbocycles. The Bertz CT molecular complexity index is 1090. The van der Waals surface area contributed by atoms with E-state index in [0.29, 0.717) is 32.7 Å². The van der Waals surface area contributed by atoms with Gasteiger partial charge >= 0.3 is 6.18 Å². The second-order valence-corrected chi connectivity index (χ2v) is 10.7. The Morgan fingerprint density at radius 1 is 1.31 bits per heavy atom. The third-order valence-corrected chi connectivity index (χ3v) is 7.65. The molecule has 2 heterocycles. The van der Waals surface area contributed by atoms with Crippen LogP contribution in [0.5, 0.6) is 0 Å². The van der Waals surface area contributed by atoms with Crippen molar-refractivity contribution in [1.29, 1.82) is 0 Å². The van der Waals surface area contributed by atoms with Gasteiger partial charge in [0.15, 0.2) is 0 Å². The lowest BCUT2D eigenvalue weighted by atomic mass is 9.86. The molecule has 0 aliphatic carbocycles. The molecule has 0 radical (unpaired) electrons. The number of halogens is 5. The molecule has 4 rings (SSSR count). The van der Waals surface area contributed by atoms with Crippen molar-refractivity contribution >= 4 is 50.3 Å². The first-order chi connectivity index (χ1) is 15.0. The maximum Gasteiger partial charge on any atom is 0.435 e. The van der Waals surface area contributed by atoms with Gasteiger partial charge in [-0.25, -0.2) is 0 Å². The number of alkyl halides is 3. The van der Waals surface area contributed by atoms with Gasteiger partial charge in [0, 0.05) is 27.0 Å². The number of carbonyl (C=O) groups is 1. The molecule has 0 aromatic heterocycles. The van der Waals surface area contributed by atoms with E-state index in [-0.39, 0.29) is 28.2 Å². The van der Waals surface area contributed by atoms with Crippen LogP contribution in [-0.2, 0) is 21.6 Å². The molecule has 5 nitrogen and oxygen atoms in total. The molecular formula is C21H17BrClF3N2O3S. The van der Waals surface area contributed by atoms with E-state index in [1.54, 1.807) is 25.1 Å². The minimum absolute atomic E-state index is 0.114. The number of aryl methyl sites for hydroxylation is 1. The number of amides is 1. The van der Waals surface area contributed by atoms with Crippen LogP contribution in [-0.4, -0.2) is 39.9 Å². The fraction of sp³-hybridized carbons (Fsp3) is 0.333. The molecule has 0 spiro atoms. The van der Waals surface area contributed by atoms with E-state index < -0.39 is 29.4 Å². The van der Waals surface area contributed by atoms with Gasteiger partial charge < -0.3 is 14.7 Å². The Morgan fingerprint density at radius 2 is 2.03 bits per heavy atom. The molecule has 1 N–H and O–H groups in total. The summed E-state index contributed by atoms with van der Waals surface area (Å²) in [6, 6.07) is 8.58. The second kappa shape index (κ2) is 8.55. The Labute approximate surface area is 198 Å². The largest absolute Gasteiger partial charge is 0.616 e. The summed E-state index contributed by atoms with van der Waals surface area (Å²) in [5.74, 6) is 0.542. The number of rotatable bonds is 4. The van der Waals surface area contributed by atoms with E-state index >= 15 is 0 Å². The van der Waals surface area contributed by atoms with Crippen molar-refractivity contribution in [2.45, 2.75) is 31.2 Å². The summed E-state index contributed by atoms with van der Waals surface area (Å²) in [4.78, 5) is 17.5. The van der Waals surface area contributed by atoms with Crippen LogP contribution in [0, 0.1) is 6.92 Å². The molecule has 2 aliphatic rings. The highest BCUT2D eigenvalue weighted by Crippen LogP contribution is 2.49. The van der Waals surface area contributed by atoms with Crippen LogP contribution in [0.2, 0.25) is 5.02 Å². The van der Waals surface area contributed by atoms with Crippen molar-refractivity contribution < 1.29 is 27.4 Å². The van der Waals surface area contributed by atoms with E-state index in [1.165, 1.54) is 18.2 Å². The van der Waals surface area contributed by atoms with Gasteiger partial charge in [0.25, 0.3) is 11.5 Å². The summed E-state index contributed by atoms with van der Waals surface area (Å²) in [5, 5.41) is 6.70. The van der Waals surface area contributed by atoms with Crippen molar-refractivity contribution in [1.82, 2.24) is 5.32 Å². The lowest BCUT2D eigenvalue weighted by Gasteiger charge is -2.29. The number of carbonyl (C=O) groups excluding carboxylic acids is 1.